The molecule has 7 heteroatoms. The van der Waals surface area contributed by atoms with Crippen LogP contribution in [0.5, 0.6) is 5.75 Å². The molecular formula is C17H18N6O. The molecule has 0 radical (unpaired) electrons. The van der Waals surface area contributed by atoms with E-state index in [0.29, 0.717) is 5.82 Å². The molecule has 1 N–H and O–H groups in total. The Labute approximate surface area is 139 Å². The van der Waals surface area contributed by atoms with Crippen molar-refractivity contribution in [2.24, 2.45) is 0 Å². The fraction of sp³-hybridized carbons (Fsp3) is 0.294. The van der Waals surface area contributed by atoms with Crippen LogP contribution in [0.15, 0.2) is 30.5 Å². The van der Waals surface area contributed by atoms with Gasteiger partial charge in [0.2, 0.25) is 0 Å². The van der Waals surface area contributed by atoms with Crippen molar-refractivity contribution in [1.82, 2.24) is 29.8 Å². The lowest BCUT2D eigenvalue weighted by molar-refractivity contribution is 0.415. The Bertz CT molecular complexity index is 940. The van der Waals surface area contributed by atoms with Crippen LogP contribution in [0.1, 0.15) is 25.6 Å². The molecule has 0 unspecified atom stereocenters. The van der Waals surface area contributed by atoms with Gasteiger partial charge in [0.25, 0.3) is 0 Å². The van der Waals surface area contributed by atoms with Gasteiger partial charge in [-0.15, -0.1) is 5.10 Å². The summed E-state index contributed by atoms with van der Waals surface area (Å²) in [4.78, 5) is 9.39. The van der Waals surface area contributed by atoms with Gasteiger partial charge in [-0.1, -0.05) is 13.3 Å². The number of nitrogens with zero attached hydrogens (tertiary/aromatic N) is 5. The van der Waals surface area contributed by atoms with Crippen molar-refractivity contribution < 1.29 is 4.74 Å². The van der Waals surface area contributed by atoms with Crippen molar-refractivity contribution >= 4 is 5.65 Å². The molecule has 2 aromatic rings. The zero-order valence-corrected chi connectivity index (χ0v) is 13.7. The molecule has 0 fully saturated rings. The Morgan fingerprint density at radius 1 is 1.17 bits per heavy atom. The molecule has 4 rings (SSSR count). The maximum absolute atomic E-state index is 5.21. The van der Waals surface area contributed by atoms with Gasteiger partial charge in [0, 0.05) is 12.0 Å². The van der Waals surface area contributed by atoms with E-state index in [2.05, 4.69) is 27.2 Å². The molecule has 1 aromatic heterocycles. The van der Waals surface area contributed by atoms with Gasteiger partial charge in [-0.25, -0.2) is 14.5 Å². The standard InChI is InChI=1S/C17H18N6O/c1-3-4-5-14-19-16-13(10-18-21-16)17-20-15(22-23(14)17)11-6-8-12(24-2)9-7-11/h6-10H,3-5H2,1-2H3,(H,20,22). The average molecular weight is 322 g/mol. The molecule has 2 aliphatic heterocycles. The zero-order chi connectivity index (χ0) is 16.5. The fourth-order valence-electron chi connectivity index (χ4n) is 2.75. The van der Waals surface area contributed by atoms with Gasteiger partial charge < -0.3 is 4.74 Å². The number of H-pyrrole nitrogens is 1. The van der Waals surface area contributed by atoms with Gasteiger partial charge >= 0.3 is 0 Å². The predicted octanol–water partition coefficient (Wildman–Crippen LogP) is 2.97. The van der Waals surface area contributed by atoms with E-state index in [4.69, 9.17) is 9.72 Å². The van der Waals surface area contributed by atoms with E-state index in [1.165, 1.54) is 0 Å². The van der Waals surface area contributed by atoms with Crippen LogP contribution in [-0.2, 0) is 6.42 Å². The van der Waals surface area contributed by atoms with Crippen molar-refractivity contribution in [3.05, 3.63) is 36.3 Å². The van der Waals surface area contributed by atoms with E-state index in [-0.39, 0.29) is 0 Å². The van der Waals surface area contributed by atoms with Gasteiger partial charge in [0.05, 0.1) is 18.9 Å². The van der Waals surface area contributed by atoms with Crippen molar-refractivity contribution in [2.45, 2.75) is 26.2 Å². The lowest BCUT2D eigenvalue weighted by atomic mass is 10.2. The molecule has 7 nitrogen and oxygen atoms in total. The summed E-state index contributed by atoms with van der Waals surface area (Å²) in [5, 5.41) is 11.4. The van der Waals surface area contributed by atoms with Gasteiger partial charge in [-0.05, 0) is 30.7 Å². The SMILES string of the molecule is CCCCc1nc2nncc-2c2nc(-c3ccc(OC)cc3)[nH]n12. The van der Waals surface area contributed by atoms with Crippen molar-refractivity contribution in [2.75, 3.05) is 7.11 Å². The highest BCUT2D eigenvalue weighted by Gasteiger charge is 2.19. The second-order valence-corrected chi connectivity index (χ2v) is 5.67. The second-order valence-electron chi connectivity index (χ2n) is 5.67. The lowest BCUT2D eigenvalue weighted by Gasteiger charge is -2.05. The van der Waals surface area contributed by atoms with Crippen LogP contribution < -0.4 is 4.74 Å². The van der Waals surface area contributed by atoms with Crippen molar-refractivity contribution in [3.8, 4) is 28.5 Å². The van der Waals surface area contributed by atoms with Crippen LogP contribution in [0, 0.1) is 0 Å². The molecule has 0 spiro atoms. The summed E-state index contributed by atoms with van der Waals surface area (Å²) >= 11 is 0. The number of methoxy groups -OCH3 is 1. The second kappa shape index (κ2) is 5.92. The summed E-state index contributed by atoms with van der Waals surface area (Å²) in [6, 6.07) is 7.80. The highest BCUT2D eigenvalue weighted by Crippen LogP contribution is 2.26. The average Bonchev–Trinajstić information content (AvgIpc) is 3.26. The number of hydrogen-bond acceptors (Lipinski definition) is 5. The quantitative estimate of drug-likeness (QED) is 0.611. The summed E-state index contributed by atoms with van der Waals surface area (Å²) in [6.07, 6.45) is 4.74. The minimum Gasteiger partial charge on any atom is -0.497 e. The molecular weight excluding hydrogens is 304 g/mol. The Hall–Kier alpha value is -2.96. The highest BCUT2D eigenvalue weighted by molar-refractivity contribution is 5.74. The van der Waals surface area contributed by atoms with Gasteiger partial charge in [-0.2, -0.15) is 5.10 Å². The Morgan fingerprint density at radius 2 is 2.00 bits per heavy atom. The topological polar surface area (TPSA) is 81.0 Å². The first-order valence-electron chi connectivity index (χ1n) is 8.03. The third-order valence-corrected chi connectivity index (χ3v) is 4.08. The number of nitrogens with one attached hydrogen (secondary N) is 1. The number of aromatic nitrogens is 6. The smallest absolute Gasteiger partial charge is 0.188 e. The largest absolute Gasteiger partial charge is 0.497 e. The molecule has 2 aliphatic rings. The number of rotatable bonds is 5. The van der Waals surface area contributed by atoms with E-state index in [1.54, 1.807) is 13.3 Å². The van der Waals surface area contributed by atoms with E-state index < -0.39 is 0 Å². The third-order valence-electron chi connectivity index (χ3n) is 4.08. The van der Waals surface area contributed by atoms with E-state index in [9.17, 15) is 0 Å². The summed E-state index contributed by atoms with van der Waals surface area (Å²) < 4.78 is 7.16. The monoisotopic (exact) mass is 322 g/mol. The van der Waals surface area contributed by atoms with E-state index in [1.807, 2.05) is 28.8 Å². The number of aryl methyl sites for hydroxylation is 1. The minimum absolute atomic E-state index is 0.647. The molecule has 0 atom stereocenters. The Balaban J connectivity index is 1.86. The molecule has 0 saturated carbocycles. The van der Waals surface area contributed by atoms with E-state index in [0.717, 1.165) is 53.4 Å². The lowest BCUT2D eigenvalue weighted by Crippen LogP contribution is -2.05. The fourth-order valence-corrected chi connectivity index (χ4v) is 2.75. The molecule has 0 saturated heterocycles. The van der Waals surface area contributed by atoms with Crippen LogP contribution in [0.2, 0.25) is 0 Å². The van der Waals surface area contributed by atoms with Gasteiger partial charge in [0.15, 0.2) is 17.3 Å². The molecule has 24 heavy (non-hydrogen) atoms. The number of hydrogen-bond donors (Lipinski definition) is 1. The van der Waals surface area contributed by atoms with Crippen molar-refractivity contribution in [1.29, 1.82) is 0 Å². The highest BCUT2D eigenvalue weighted by atomic mass is 16.5. The summed E-state index contributed by atoms with van der Waals surface area (Å²) in [7, 11) is 1.66. The zero-order valence-electron chi connectivity index (χ0n) is 13.7. The summed E-state index contributed by atoms with van der Waals surface area (Å²) in [5.41, 5.74) is 2.65. The Kier molecular flexibility index (Phi) is 3.60. The van der Waals surface area contributed by atoms with Crippen LogP contribution in [0.25, 0.3) is 28.4 Å². The van der Waals surface area contributed by atoms with Gasteiger partial charge in [-0.3, -0.25) is 5.10 Å². The third kappa shape index (κ3) is 2.38. The normalized spacial score (nSPS) is 11.4. The number of unbranched alkanes of at least 4 members (excludes halogenated alkanes) is 1. The first kappa shape index (κ1) is 14.6. The molecule has 1 aromatic carbocycles. The number of fused-ring (bicyclic) bond motifs is 3. The van der Waals surface area contributed by atoms with Crippen LogP contribution >= 0.6 is 0 Å². The molecule has 0 amide bonds. The van der Waals surface area contributed by atoms with E-state index >= 15 is 0 Å². The van der Waals surface area contributed by atoms with Crippen molar-refractivity contribution in [3.63, 3.8) is 0 Å². The van der Waals surface area contributed by atoms with Gasteiger partial charge in [0.1, 0.15) is 11.6 Å². The first-order valence-corrected chi connectivity index (χ1v) is 8.03. The molecule has 3 heterocycles. The predicted molar refractivity (Wildman–Crippen MR) is 90.1 cm³/mol. The van der Waals surface area contributed by atoms with Crippen LogP contribution in [0.4, 0.5) is 0 Å². The molecule has 122 valence electrons. The first-order chi connectivity index (χ1) is 11.8. The summed E-state index contributed by atoms with van der Waals surface area (Å²) in [6.45, 7) is 2.17. The summed E-state index contributed by atoms with van der Waals surface area (Å²) in [5.74, 6) is 3.17. The molecule has 0 bridgehead atoms. The maximum atomic E-state index is 5.21. The van der Waals surface area contributed by atoms with Crippen LogP contribution in [-0.4, -0.2) is 36.9 Å². The number of benzene rings is 1. The number of ether oxygens (including phenoxy) is 1. The molecule has 0 aliphatic carbocycles. The Morgan fingerprint density at radius 3 is 2.75 bits per heavy atom. The maximum Gasteiger partial charge on any atom is 0.188 e. The number of aromatic amines is 1. The minimum atomic E-state index is 0.647. The van der Waals surface area contributed by atoms with Crippen LogP contribution in [0.3, 0.4) is 0 Å².